The molecular weight excluding hydrogens is 328 g/mol. The number of aryl methyl sites for hydroxylation is 1. The molecule has 0 spiro atoms. The summed E-state index contributed by atoms with van der Waals surface area (Å²) in [7, 11) is 1.60. The fourth-order valence-electron chi connectivity index (χ4n) is 3.48. The van der Waals surface area contributed by atoms with E-state index < -0.39 is 0 Å². The van der Waals surface area contributed by atoms with Gasteiger partial charge >= 0.3 is 0 Å². The van der Waals surface area contributed by atoms with Crippen molar-refractivity contribution in [2.24, 2.45) is 0 Å². The van der Waals surface area contributed by atoms with Crippen molar-refractivity contribution < 1.29 is 14.3 Å². The maximum Gasteiger partial charge on any atom is 0.222 e. The van der Waals surface area contributed by atoms with Gasteiger partial charge in [-0.3, -0.25) is 9.59 Å². The second kappa shape index (κ2) is 8.04. The van der Waals surface area contributed by atoms with Gasteiger partial charge in [0.15, 0.2) is 0 Å². The number of benzene rings is 2. The van der Waals surface area contributed by atoms with Crippen molar-refractivity contribution in [3.05, 3.63) is 65.2 Å². The molecule has 2 aromatic carbocycles. The van der Waals surface area contributed by atoms with Crippen LogP contribution in [0.15, 0.2) is 48.5 Å². The topological polar surface area (TPSA) is 67.4 Å². The van der Waals surface area contributed by atoms with E-state index in [2.05, 4.69) is 22.8 Å². The number of nitrogens with one attached hydrogen (secondary N) is 2. The molecule has 0 radical (unpaired) electrons. The fourth-order valence-corrected chi connectivity index (χ4v) is 3.48. The highest BCUT2D eigenvalue weighted by atomic mass is 16.5. The van der Waals surface area contributed by atoms with Crippen LogP contribution in [0, 0.1) is 0 Å². The van der Waals surface area contributed by atoms with Crippen molar-refractivity contribution in [3.8, 4) is 5.75 Å². The van der Waals surface area contributed by atoms with Gasteiger partial charge in [0.2, 0.25) is 11.8 Å². The minimum absolute atomic E-state index is 0.0487. The molecule has 5 heteroatoms. The van der Waals surface area contributed by atoms with E-state index in [1.807, 2.05) is 36.4 Å². The standard InChI is InChI=1S/C21H24N2O3/c1-14(24)22-20(16-7-10-17(26-2)11-8-16)13-21(25)23-19-12-9-15-5-3-4-6-18(15)19/h3-8,10-11,19-20H,9,12-13H2,1-2H3,(H,22,24)(H,23,25)/t19-,20+/m1/s1. The summed E-state index contributed by atoms with van der Waals surface area (Å²) in [5, 5.41) is 5.98. The van der Waals surface area contributed by atoms with E-state index in [9.17, 15) is 9.59 Å². The van der Waals surface area contributed by atoms with Gasteiger partial charge in [-0.15, -0.1) is 0 Å². The van der Waals surface area contributed by atoms with Crippen LogP contribution in [-0.4, -0.2) is 18.9 Å². The lowest BCUT2D eigenvalue weighted by molar-refractivity contribution is -0.123. The van der Waals surface area contributed by atoms with E-state index in [4.69, 9.17) is 4.74 Å². The summed E-state index contributed by atoms with van der Waals surface area (Å²) in [6.07, 6.45) is 2.09. The first kappa shape index (κ1) is 18.0. The smallest absolute Gasteiger partial charge is 0.222 e. The third-order valence-corrected chi connectivity index (χ3v) is 4.75. The van der Waals surface area contributed by atoms with Crippen LogP contribution in [0.3, 0.4) is 0 Å². The monoisotopic (exact) mass is 352 g/mol. The summed E-state index contributed by atoms with van der Waals surface area (Å²) in [5.41, 5.74) is 3.37. The highest BCUT2D eigenvalue weighted by Crippen LogP contribution is 2.31. The number of fused-ring (bicyclic) bond motifs is 1. The van der Waals surface area contributed by atoms with Crippen LogP contribution in [0.4, 0.5) is 0 Å². The molecule has 0 bridgehead atoms. The second-order valence-corrected chi connectivity index (χ2v) is 6.59. The summed E-state index contributed by atoms with van der Waals surface area (Å²) in [6.45, 7) is 1.46. The zero-order chi connectivity index (χ0) is 18.5. The quantitative estimate of drug-likeness (QED) is 0.840. The minimum atomic E-state index is -0.366. The van der Waals surface area contributed by atoms with E-state index in [0.29, 0.717) is 0 Å². The summed E-state index contributed by atoms with van der Waals surface area (Å²) in [6, 6.07) is 15.3. The molecule has 3 rings (SSSR count). The molecule has 0 saturated carbocycles. The van der Waals surface area contributed by atoms with Crippen molar-refractivity contribution in [2.75, 3.05) is 7.11 Å². The highest BCUT2D eigenvalue weighted by molar-refractivity contribution is 5.79. The summed E-state index contributed by atoms with van der Waals surface area (Å²) < 4.78 is 5.17. The maximum absolute atomic E-state index is 12.6. The second-order valence-electron chi connectivity index (χ2n) is 6.59. The predicted molar refractivity (Wildman–Crippen MR) is 99.8 cm³/mol. The van der Waals surface area contributed by atoms with Crippen molar-refractivity contribution in [1.29, 1.82) is 0 Å². The van der Waals surface area contributed by atoms with Gasteiger partial charge in [0.05, 0.1) is 25.6 Å². The molecule has 0 unspecified atom stereocenters. The number of methoxy groups -OCH3 is 1. The largest absolute Gasteiger partial charge is 0.497 e. The molecule has 2 N–H and O–H groups in total. The average molecular weight is 352 g/mol. The predicted octanol–water partition coefficient (Wildman–Crippen LogP) is 3.07. The van der Waals surface area contributed by atoms with Gasteiger partial charge in [-0.05, 0) is 41.7 Å². The SMILES string of the molecule is COc1ccc([C@H](CC(=O)N[C@@H]2CCc3ccccc32)NC(C)=O)cc1. The molecular formula is C21H24N2O3. The molecule has 0 fully saturated rings. The van der Waals surface area contributed by atoms with Crippen LogP contribution in [0.5, 0.6) is 5.75 Å². The Morgan fingerprint density at radius 3 is 2.58 bits per heavy atom. The zero-order valence-electron chi connectivity index (χ0n) is 15.1. The first-order chi connectivity index (χ1) is 12.6. The van der Waals surface area contributed by atoms with E-state index in [1.54, 1.807) is 7.11 Å². The number of carbonyl (C=O) groups excluding carboxylic acids is 2. The van der Waals surface area contributed by atoms with Gasteiger partial charge in [0.25, 0.3) is 0 Å². The van der Waals surface area contributed by atoms with Crippen molar-refractivity contribution >= 4 is 11.8 Å². The lowest BCUT2D eigenvalue weighted by Crippen LogP contribution is -2.34. The third-order valence-electron chi connectivity index (χ3n) is 4.75. The summed E-state index contributed by atoms with van der Waals surface area (Å²) >= 11 is 0. The Morgan fingerprint density at radius 1 is 1.15 bits per heavy atom. The molecule has 0 heterocycles. The maximum atomic E-state index is 12.6. The van der Waals surface area contributed by atoms with Gasteiger partial charge < -0.3 is 15.4 Å². The number of rotatable bonds is 6. The number of carbonyl (C=O) groups is 2. The van der Waals surface area contributed by atoms with Gasteiger partial charge in [-0.1, -0.05) is 36.4 Å². The normalized spacial score (nSPS) is 16.5. The van der Waals surface area contributed by atoms with Crippen LogP contribution in [0.25, 0.3) is 0 Å². The van der Waals surface area contributed by atoms with Gasteiger partial charge in [0.1, 0.15) is 5.75 Å². The molecule has 0 saturated heterocycles. The lowest BCUT2D eigenvalue weighted by Gasteiger charge is -2.20. The lowest BCUT2D eigenvalue weighted by atomic mass is 10.0. The third kappa shape index (κ3) is 4.23. The molecule has 136 valence electrons. The number of hydrogen-bond donors (Lipinski definition) is 2. The first-order valence-corrected chi connectivity index (χ1v) is 8.85. The Hall–Kier alpha value is -2.82. The Bertz CT molecular complexity index is 786. The summed E-state index contributed by atoms with van der Waals surface area (Å²) in [5.74, 6) is 0.508. The molecule has 1 aliphatic rings. The molecule has 0 aromatic heterocycles. The summed E-state index contributed by atoms with van der Waals surface area (Å²) in [4.78, 5) is 24.2. The Morgan fingerprint density at radius 2 is 1.88 bits per heavy atom. The Labute approximate surface area is 153 Å². The molecule has 5 nitrogen and oxygen atoms in total. The molecule has 2 atom stereocenters. The van der Waals surface area contributed by atoms with Gasteiger partial charge in [-0.2, -0.15) is 0 Å². The Kier molecular flexibility index (Phi) is 5.56. The average Bonchev–Trinajstić information content (AvgIpc) is 3.04. The fraction of sp³-hybridized carbons (Fsp3) is 0.333. The van der Waals surface area contributed by atoms with Crippen LogP contribution >= 0.6 is 0 Å². The molecule has 0 aliphatic heterocycles. The van der Waals surface area contributed by atoms with Crippen molar-refractivity contribution in [1.82, 2.24) is 10.6 Å². The van der Waals surface area contributed by atoms with Gasteiger partial charge in [0, 0.05) is 6.92 Å². The number of ether oxygens (including phenoxy) is 1. The van der Waals surface area contributed by atoms with Crippen LogP contribution in [0.2, 0.25) is 0 Å². The molecule has 2 aromatic rings. The molecule has 26 heavy (non-hydrogen) atoms. The minimum Gasteiger partial charge on any atom is -0.497 e. The first-order valence-electron chi connectivity index (χ1n) is 8.85. The van der Waals surface area contributed by atoms with E-state index >= 15 is 0 Å². The number of hydrogen-bond acceptors (Lipinski definition) is 3. The van der Waals surface area contributed by atoms with Gasteiger partial charge in [-0.25, -0.2) is 0 Å². The highest BCUT2D eigenvalue weighted by Gasteiger charge is 2.25. The Balaban J connectivity index is 1.68. The van der Waals surface area contributed by atoms with Crippen molar-refractivity contribution in [3.63, 3.8) is 0 Å². The van der Waals surface area contributed by atoms with Crippen LogP contribution in [0.1, 0.15) is 48.5 Å². The zero-order valence-corrected chi connectivity index (χ0v) is 15.1. The van der Waals surface area contributed by atoms with E-state index in [1.165, 1.54) is 18.1 Å². The van der Waals surface area contributed by atoms with Crippen LogP contribution < -0.4 is 15.4 Å². The molecule has 2 amide bonds. The van der Waals surface area contributed by atoms with E-state index in [0.717, 1.165) is 24.2 Å². The van der Waals surface area contributed by atoms with E-state index in [-0.39, 0.29) is 30.3 Å². The number of amides is 2. The molecule has 1 aliphatic carbocycles. The van der Waals surface area contributed by atoms with Crippen molar-refractivity contribution in [2.45, 2.75) is 38.3 Å². The van der Waals surface area contributed by atoms with Crippen LogP contribution in [-0.2, 0) is 16.0 Å².